The third-order valence-corrected chi connectivity index (χ3v) is 4.28. The summed E-state index contributed by atoms with van der Waals surface area (Å²) in [5, 5.41) is 16.2. The minimum atomic E-state index is -1.35. The van der Waals surface area contributed by atoms with Gasteiger partial charge in [0.15, 0.2) is 0 Å². The summed E-state index contributed by atoms with van der Waals surface area (Å²) in [7, 11) is 0. The molecule has 0 atom stereocenters. The zero-order valence-electron chi connectivity index (χ0n) is 21.8. The van der Waals surface area contributed by atoms with Crippen molar-refractivity contribution >= 4 is 42.6 Å². The van der Waals surface area contributed by atoms with Crippen molar-refractivity contribution in [1.82, 2.24) is 16.0 Å². The van der Waals surface area contributed by atoms with Crippen LogP contribution in [0.5, 0.6) is 0 Å². The molecular formula is C24H33N3O12. The predicted octanol–water partition coefficient (Wildman–Crippen LogP) is -0.916. The molecule has 0 saturated heterocycles. The minimum absolute atomic E-state index is 0.101. The SMILES string of the molecule is CC(C)(C)OC(=O)CCOCC(CNC(=O)/C=C\OC=O)(CNC(=O)/C=C\OC=O)CNC(=O)/C=C\C(=O)O. The minimum Gasteiger partial charge on any atom is -0.478 e. The van der Waals surface area contributed by atoms with Crippen LogP contribution in [-0.4, -0.2) is 86.2 Å². The van der Waals surface area contributed by atoms with E-state index in [2.05, 4.69) is 25.4 Å². The van der Waals surface area contributed by atoms with Crippen LogP contribution < -0.4 is 16.0 Å². The van der Waals surface area contributed by atoms with Crippen LogP contribution in [0.3, 0.4) is 0 Å². The van der Waals surface area contributed by atoms with E-state index in [1.54, 1.807) is 20.8 Å². The summed E-state index contributed by atoms with van der Waals surface area (Å²) >= 11 is 0. The normalized spacial score (nSPS) is 11.7. The van der Waals surface area contributed by atoms with E-state index < -0.39 is 40.7 Å². The molecule has 39 heavy (non-hydrogen) atoms. The van der Waals surface area contributed by atoms with E-state index in [0.717, 1.165) is 30.8 Å². The second kappa shape index (κ2) is 18.7. The van der Waals surface area contributed by atoms with E-state index in [1.807, 2.05) is 0 Å². The Kier molecular flexibility index (Phi) is 16.5. The van der Waals surface area contributed by atoms with Crippen molar-refractivity contribution in [3.63, 3.8) is 0 Å². The van der Waals surface area contributed by atoms with Gasteiger partial charge in [0.25, 0.3) is 12.9 Å². The maximum absolute atomic E-state index is 12.1. The molecule has 0 heterocycles. The Morgan fingerprint density at radius 3 is 1.62 bits per heavy atom. The average Bonchev–Trinajstić information content (AvgIpc) is 2.85. The van der Waals surface area contributed by atoms with Crippen molar-refractivity contribution < 1.29 is 57.6 Å². The summed E-state index contributed by atoms with van der Waals surface area (Å²) in [4.78, 5) is 79.6. The van der Waals surface area contributed by atoms with Gasteiger partial charge in [-0.2, -0.15) is 0 Å². The maximum Gasteiger partial charge on any atom is 0.328 e. The second-order valence-corrected chi connectivity index (χ2v) is 8.78. The first-order valence-electron chi connectivity index (χ1n) is 11.4. The highest BCUT2D eigenvalue weighted by Gasteiger charge is 2.32. The van der Waals surface area contributed by atoms with Gasteiger partial charge in [0, 0.05) is 49.4 Å². The zero-order chi connectivity index (χ0) is 29.7. The standard InChI is InChI=1S/C24H33N3O12/c1-23(2,3)39-22(35)8-11-36-15-24(12-25-18(30)4-5-21(33)34,13-26-19(31)6-9-37-16-28)14-27-20(32)7-10-38-17-29/h4-7,9-10,16-17H,8,11-15H2,1-3H3,(H,25,30)(H,26,31)(H,27,32)(H,33,34)/b5-4-,9-6-,10-7-. The number of hydrogen-bond donors (Lipinski definition) is 4. The third-order valence-electron chi connectivity index (χ3n) is 4.28. The number of carboxylic acids is 1. The molecule has 0 aliphatic rings. The Hall–Kier alpha value is -4.53. The van der Waals surface area contributed by atoms with Crippen LogP contribution in [0.2, 0.25) is 0 Å². The smallest absolute Gasteiger partial charge is 0.328 e. The van der Waals surface area contributed by atoms with Gasteiger partial charge in [-0.15, -0.1) is 0 Å². The van der Waals surface area contributed by atoms with Crippen molar-refractivity contribution in [1.29, 1.82) is 0 Å². The fraction of sp³-hybridized carbons (Fsp3) is 0.458. The summed E-state index contributed by atoms with van der Waals surface area (Å²) in [6, 6.07) is 0. The number of amides is 3. The Morgan fingerprint density at radius 1 is 0.744 bits per heavy atom. The van der Waals surface area contributed by atoms with Gasteiger partial charge in [-0.1, -0.05) is 0 Å². The molecule has 0 rings (SSSR count). The summed E-state index contributed by atoms with van der Waals surface area (Å²) < 4.78 is 19.5. The van der Waals surface area contributed by atoms with Crippen LogP contribution >= 0.6 is 0 Å². The van der Waals surface area contributed by atoms with Gasteiger partial charge in [-0.05, 0) is 20.8 Å². The van der Waals surface area contributed by atoms with E-state index >= 15 is 0 Å². The van der Waals surface area contributed by atoms with Gasteiger partial charge < -0.3 is 40.0 Å². The maximum atomic E-state index is 12.1. The summed E-state index contributed by atoms with van der Waals surface area (Å²) in [6.45, 7) is 4.30. The number of esters is 1. The first kappa shape index (κ1) is 34.5. The highest BCUT2D eigenvalue weighted by molar-refractivity contribution is 5.94. The van der Waals surface area contributed by atoms with Gasteiger partial charge >= 0.3 is 11.9 Å². The van der Waals surface area contributed by atoms with Crippen LogP contribution in [0.4, 0.5) is 0 Å². The number of aliphatic carboxylic acids is 1. The van der Waals surface area contributed by atoms with Gasteiger partial charge in [-0.3, -0.25) is 28.8 Å². The first-order valence-corrected chi connectivity index (χ1v) is 11.4. The summed E-state index contributed by atoms with van der Waals surface area (Å²) in [5.74, 6) is -4.06. The molecule has 0 spiro atoms. The molecule has 15 nitrogen and oxygen atoms in total. The molecule has 3 amide bonds. The molecular weight excluding hydrogens is 522 g/mol. The number of carbonyl (C=O) groups excluding carboxylic acids is 6. The molecule has 0 bridgehead atoms. The Labute approximate surface area is 224 Å². The monoisotopic (exact) mass is 555 g/mol. The van der Waals surface area contributed by atoms with Crippen molar-refractivity contribution in [2.45, 2.75) is 32.8 Å². The van der Waals surface area contributed by atoms with Crippen LogP contribution in [0.25, 0.3) is 0 Å². The lowest BCUT2D eigenvalue weighted by Crippen LogP contribution is -2.54. The van der Waals surface area contributed by atoms with Crippen LogP contribution in [0, 0.1) is 5.41 Å². The lowest BCUT2D eigenvalue weighted by molar-refractivity contribution is -0.156. The topological polar surface area (TPSA) is 213 Å². The predicted molar refractivity (Wildman–Crippen MR) is 132 cm³/mol. The number of hydrogen-bond acceptors (Lipinski definition) is 11. The van der Waals surface area contributed by atoms with Gasteiger partial charge in [0.05, 0.1) is 32.2 Å². The third kappa shape index (κ3) is 19.3. The van der Waals surface area contributed by atoms with Crippen LogP contribution in [0.1, 0.15) is 27.2 Å². The van der Waals surface area contributed by atoms with Crippen molar-refractivity contribution in [2.24, 2.45) is 5.41 Å². The quantitative estimate of drug-likeness (QED) is 0.0381. The fourth-order valence-corrected chi connectivity index (χ4v) is 2.59. The number of ether oxygens (including phenoxy) is 4. The highest BCUT2D eigenvalue weighted by Crippen LogP contribution is 2.17. The molecule has 4 N–H and O–H groups in total. The molecule has 0 saturated carbocycles. The molecule has 216 valence electrons. The van der Waals surface area contributed by atoms with Crippen molar-refractivity contribution in [3.05, 3.63) is 36.8 Å². The van der Waals surface area contributed by atoms with E-state index in [0.29, 0.717) is 6.08 Å². The molecule has 0 aromatic rings. The van der Waals surface area contributed by atoms with E-state index in [-0.39, 0.29) is 52.2 Å². The molecule has 0 aromatic heterocycles. The first-order chi connectivity index (χ1) is 18.3. The largest absolute Gasteiger partial charge is 0.478 e. The molecule has 0 fully saturated rings. The Morgan fingerprint density at radius 2 is 1.21 bits per heavy atom. The molecule has 0 radical (unpaired) electrons. The van der Waals surface area contributed by atoms with Gasteiger partial charge in [-0.25, -0.2) is 4.79 Å². The molecule has 0 aromatic carbocycles. The molecule has 0 aliphatic carbocycles. The Balaban J connectivity index is 5.73. The van der Waals surface area contributed by atoms with Crippen LogP contribution in [0.15, 0.2) is 36.8 Å². The number of carbonyl (C=O) groups is 7. The summed E-state index contributed by atoms with van der Waals surface area (Å²) in [5.41, 5.74) is -1.95. The fourth-order valence-electron chi connectivity index (χ4n) is 2.59. The van der Waals surface area contributed by atoms with Gasteiger partial charge in [0.2, 0.25) is 17.7 Å². The molecule has 0 unspecified atom stereocenters. The average molecular weight is 556 g/mol. The van der Waals surface area contributed by atoms with Gasteiger partial charge in [0.1, 0.15) is 5.60 Å². The highest BCUT2D eigenvalue weighted by atomic mass is 16.6. The van der Waals surface area contributed by atoms with E-state index in [9.17, 15) is 33.6 Å². The number of rotatable bonds is 19. The lowest BCUT2D eigenvalue weighted by Gasteiger charge is -2.34. The molecule has 15 heteroatoms. The Bertz CT molecular complexity index is 914. The number of carboxylic acid groups (broad SMARTS) is 1. The molecule has 0 aliphatic heterocycles. The van der Waals surface area contributed by atoms with Crippen molar-refractivity contribution in [2.75, 3.05) is 32.8 Å². The summed E-state index contributed by atoms with van der Waals surface area (Å²) in [6.07, 6.45) is 4.76. The lowest BCUT2D eigenvalue weighted by atomic mass is 9.88. The second-order valence-electron chi connectivity index (χ2n) is 8.78. The van der Waals surface area contributed by atoms with Crippen LogP contribution in [-0.2, 0) is 52.5 Å². The van der Waals surface area contributed by atoms with E-state index in [1.165, 1.54) is 0 Å². The van der Waals surface area contributed by atoms with Crippen molar-refractivity contribution in [3.8, 4) is 0 Å². The zero-order valence-corrected chi connectivity index (χ0v) is 21.8. The number of nitrogens with one attached hydrogen (secondary N) is 3. The van der Waals surface area contributed by atoms with E-state index in [4.69, 9.17) is 14.6 Å².